The van der Waals surface area contributed by atoms with Gasteiger partial charge in [0.15, 0.2) is 11.5 Å². The van der Waals surface area contributed by atoms with Gasteiger partial charge in [-0.05, 0) is 55.7 Å². The summed E-state index contributed by atoms with van der Waals surface area (Å²) < 4.78 is 12.0. The summed E-state index contributed by atoms with van der Waals surface area (Å²) >= 11 is 6.29. The van der Waals surface area contributed by atoms with E-state index in [1.54, 1.807) is 18.2 Å². The van der Waals surface area contributed by atoms with Crippen LogP contribution in [0.4, 0.5) is 0 Å². The number of benzene rings is 3. The van der Waals surface area contributed by atoms with Crippen LogP contribution in [-0.4, -0.2) is 12.5 Å². The number of hydrogen-bond donors (Lipinski definition) is 1. The minimum Gasteiger partial charge on any atom is -0.490 e. The molecule has 3 aromatic rings. The first-order valence-electron chi connectivity index (χ1n) is 11.7. The average molecular weight is 501 g/mol. The van der Waals surface area contributed by atoms with E-state index in [1.807, 2.05) is 80.6 Å². The molecule has 0 aliphatic heterocycles. The van der Waals surface area contributed by atoms with Crippen LogP contribution in [-0.2, 0) is 17.8 Å². The first-order chi connectivity index (χ1) is 17.5. The van der Waals surface area contributed by atoms with Crippen molar-refractivity contribution in [3.63, 3.8) is 0 Å². The van der Waals surface area contributed by atoms with Crippen molar-refractivity contribution < 1.29 is 14.3 Å². The summed E-state index contributed by atoms with van der Waals surface area (Å²) in [7, 11) is 0. The van der Waals surface area contributed by atoms with Crippen LogP contribution >= 0.6 is 11.6 Å². The molecule has 0 radical (unpaired) electrons. The monoisotopic (exact) mass is 500 g/mol. The van der Waals surface area contributed by atoms with Gasteiger partial charge in [-0.3, -0.25) is 4.79 Å². The molecule has 0 fully saturated rings. The van der Waals surface area contributed by atoms with Crippen LogP contribution in [0.5, 0.6) is 11.5 Å². The highest BCUT2D eigenvalue weighted by molar-refractivity contribution is 6.31. The highest BCUT2D eigenvalue weighted by atomic mass is 35.5. The van der Waals surface area contributed by atoms with Gasteiger partial charge in [0.1, 0.15) is 18.2 Å². The minimum absolute atomic E-state index is 0.00508. The molecule has 6 heteroatoms. The molecule has 0 bridgehead atoms. The van der Waals surface area contributed by atoms with E-state index in [1.165, 1.54) is 0 Å². The van der Waals surface area contributed by atoms with E-state index in [0.717, 1.165) is 16.7 Å². The summed E-state index contributed by atoms with van der Waals surface area (Å²) in [6.45, 7) is 8.30. The Balaban J connectivity index is 1.91. The Morgan fingerprint density at radius 1 is 1.11 bits per heavy atom. The number of amides is 1. The molecule has 184 valence electrons. The zero-order valence-corrected chi connectivity index (χ0v) is 21.2. The van der Waals surface area contributed by atoms with Gasteiger partial charge in [-0.2, -0.15) is 5.26 Å². The third-order valence-corrected chi connectivity index (χ3v) is 5.84. The third-order valence-electron chi connectivity index (χ3n) is 5.47. The maximum atomic E-state index is 12.9. The Bertz CT molecular complexity index is 1280. The van der Waals surface area contributed by atoms with Crippen molar-refractivity contribution in [2.24, 2.45) is 0 Å². The number of halogens is 1. The van der Waals surface area contributed by atoms with Gasteiger partial charge in [-0.15, -0.1) is 6.58 Å². The van der Waals surface area contributed by atoms with E-state index >= 15 is 0 Å². The van der Waals surface area contributed by atoms with Crippen molar-refractivity contribution in [1.29, 1.82) is 5.26 Å². The fourth-order valence-electron chi connectivity index (χ4n) is 3.68. The van der Waals surface area contributed by atoms with Crippen molar-refractivity contribution in [3.8, 4) is 17.6 Å². The molecular weight excluding hydrogens is 472 g/mol. The second kappa shape index (κ2) is 13.2. The highest BCUT2D eigenvalue weighted by Gasteiger charge is 2.17. The molecule has 0 heterocycles. The Morgan fingerprint density at radius 3 is 2.50 bits per heavy atom. The number of nitriles is 1. The van der Waals surface area contributed by atoms with Crippen LogP contribution < -0.4 is 14.8 Å². The standard InChI is InChI=1S/C30H29ClN2O3/c1-4-11-24-16-22(17-26(19-32)30(34)33-21(3)23-12-7-6-8-13-23)18-28(35-5-2)29(24)36-20-25-14-9-10-15-27(25)31/h4,6-10,12-18,21H,1,5,11,20H2,2-3H3,(H,33,34)/b26-17-/t21-/m0/s1. The maximum absolute atomic E-state index is 12.9. The third kappa shape index (κ3) is 7.00. The van der Waals surface area contributed by atoms with E-state index < -0.39 is 5.91 Å². The van der Waals surface area contributed by atoms with Crippen LogP contribution in [0.3, 0.4) is 0 Å². The van der Waals surface area contributed by atoms with Crippen LogP contribution in [0.15, 0.2) is 85.0 Å². The van der Waals surface area contributed by atoms with Crippen molar-refractivity contribution in [1.82, 2.24) is 5.32 Å². The molecule has 5 nitrogen and oxygen atoms in total. The molecule has 0 aliphatic carbocycles. The van der Waals surface area contributed by atoms with Crippen molar-refractivity contribution in [2.45, 2.75) is 32.9 Å². The summed E-state index contributed by atoms with van der Waals surface area (Å²) in [5, 5.41) is 13.2. The molecule has 1 amide bonds. The summed E-state index contributed by atoms with van der Waals surface area (Å²) in [5.74, 6) is 0.649. The molecule has 0 unspecified atom stereocenters. The van der Waals surface area contributed by atoms with Crippen molar-refractivity contribution in [2.75, 3.05) is 6.61 Å². The largest absolute Gasteiger partial charge is 0.490 e. The van der Waals surface area contributed by atoms with Gasteiger partial charge in [0.2, 0.25) is 0 Å². The normalized spacial score (nSPS) is 11.8. The van der Waals surface area contributed by atoms with Gasteiger partial charge in [-0.25, -0.2) is 0 Å². The lowest BCUT2D eigenvalue weighted by atomic mass is 10.0. The minimum atomic E-state index is -0.448. The first-order valence-corrected chi connectivity index (χ1v) is 12.1. The van der Waals surface area contributed by atoms with E-state index in [9.17, 15) is 10.1 Å². The highest BCUT2D eigenvalue weighted by Crippen LogP contribution is 2.35. The zero-order valence-electron chi connectivity index (χ0n) is 20.5. The molecule has 1 N–H and O–H groups in total. The van der Waals surface area contributed by atoms with Crippen molar-refractivity contribution >= 4 is 23.6 Å². The van der Waals surface area contributed by atoms with Crippen LogP contribution in [0.25, 0.3) is 6.08 Å². The Hall–Kier alpha value is -4.01. The van der Waals surface area contributed by atoms with Gasteiger partial charge in [0.25, 0.3) is 5.91 Å². The summed E-state index contributed by atoms with van der Waals surface area (Å²) in [6, 6.07) is 22.5. The van der Waals surface area contributed by atoms with E-state index in [4.69, 9.17) is 21.1 Å². The van der Waals surface area contributed by atoms with Crippen molar-refractivity contribution in [3.05, 3.63) is 112 Å². The fraction of sp³-hybridized carbons (Fsp3) is 0.200. The Kier molecular flexibility index (Phi) is 9.73. The van der Waals surface area contributed by atoms with Gasteiger partial charge >= 0.3 is 0 Å². The van der Waals surface area contributed by atoms with Crippen LogP contribution in [0.1, 0.15) is 42.1 Å². The van der Waals surface area contributed by atoms with Gasteiger partial charge in [0.05, 0.1) is 12.6 Å². The molecule has 0 spiro atoms. The lowest BCUT2D eigenvalue weighted by molar-refractivity contribution is -0.117. The molecule has 3 rings (SSSR count). The topological polar surface area (TPSA) is 71.4 Å². The summed E-state index contributed by atoms with van der Waals surface area (Å²) in [6.07, 6.45) is 3.83. The molecule has 0 aromatic heterocycles. The molecule has 0 saturated heterocycles. The van der Waals surface area contributed by atoms with Gasteiger partial charge in [-0.1, -0.05) is 66.2 Å². The molecule has 3 aromatic carbocycles. The van der Waals surface area contributed by atoms with E-state index in [-0.39, 0.29) is 18.2 Å². The molecule has 0 saturated carbocycles. The Morgan fingerprint density at radius 2 is 1.83 bits per heavy atom. The number of hydrogen-bond acceptors (Lipinski definition) is 4. The number of nitrogens with zero attached hydrogens (tertiary/aromatic N) is 1. The second-order valence-electron chi connectivity index (χ2n) is 8.09. The smallest absolute Gasteiger partial charge is 0.262 e. The lowest BCUT2D eigenvalue weighted by Crippen LogP contribution is -2.27. The SMILES string of the molecule is C=CCc1cc(/C=C(/C#N)C(=O)N[C@@H](C)c2ccccc2)cc(OCC)c1OCc1ccccc1Cl. The summed E-state index contributed by atoms with van der Waals surface area (Å²) in [5.41, 5.74) is 3.28. The number of rotatable bonds is 11. The van der Waals surface area contributed by atoms with Gasteiger partial charge < -0.3 is 14.8 Å². The number of carbonyl (C=O) groups is 1. The quantitative estimate of drug-likeness (QED) is 0.178. The maximum Gasteiger partial charge on any atom is 0.262 e. The second-order valence-corrected chi connectivity index (χ2v) is 8.50. The van der Waals surface area contributed by atoms with E-state index in [2.05, 4.69) is 11.9 Å². The fourth-order valence-corrected chi connectivity index (χ4v) is 3.87. The average Bonchev–Trinajstić information content (AvgIpc) is 2.88. The van der Waals surface area contributed by atoms with Gasteiger partial charge in [0, 0.05) is 16.1 Å². The van der Waals surface area contributed by atoms with Crippen LogP contribution in [0.2, 0.25) is 5.02 Å². The molecule has 0 aliphatic rings. The van der Waals surface area contributed by atoms with Crippen LogP contribution in [0, 0.1) is 11.3 Å². The number of nitrogens with one attached hydrogen (secondary N) is 1. The predicted octanol–water partition coefficient (Wildman–Crippen LogP) is 6.83. The Labute approximate surface area is 217 Å². The number of allylic oxidation sites excluding steroid dienone is 1. The molecule has 36 heavy (non-hydrogen) atoms. The predicted molar refractivity (Wildman–Crippen MR) is 144 cm³/mol. The number of carbonyl (C=O) groups excluding carboxylic acids is 1. The lowest BCUT2D eigenvalue weighted by Gasteiger charge is -2.17. The van der Waals surface area contributed by atoms with E-state index in [0.29, 0.717) is 35.1 Å². The number of ether oxygens (including phenoxy) is 2. The zero-order chi connectivity index (χ0) is 25.9. The first kappa shape index (κ1) is 26.6. The molecular formula is C30H29ClN2O3. The summed E-state index contributed by atoms with van der Waals surface area (Å²) in [4.78, 5) is 12.9. The molecule has 1 atom stereocenters.